The smallest absolute Gasteiger partial charge is 0.459 e. The third kappa shape index (κ3) is 3.60. The number of benzene rings is 1. The normalized spacial score (nSPS) is 10.9. The molecule has 0 saturated carbocycles. The lowest BCUT2D eigenvalue weighted by atomic mass is 10.2. The molecule has 104 valence electrons. The monoisotopic (exact) mass is 277 g/mol. The molecule has 0 fully saturated rings. The number of alkyl halides is 2. The first kappa shape index (κ1) is 14.8. The second-order valence-electron chi connectivity index (χ2n) is 3.35. The summed E-state index contributed by atoms with van der Waals surface area (Å²) >= 11 is 0. The molecule has 0 saturated heterocycles. The Morgan fingerprint density at radius 3 is 2.47 bits per heavy atom. The van der Waals surface area contributed by atoms with Crippen molar-refractivity contribution in [3.63, 3.8) is 0 Å². The van der Waals surface area contributed by atoms with Gasteiger partial charge in [-0.05, 0) is 19.1 Å². The summed E-state index contributed by atoms with van der Waals surface area (Å²) in [5, 5.41) is 0. The third-order valence-corrected chi connectivity index (χ3v) is 1.97. The first-order valence-electron chi connectivity index (χ1n) is 5.11. The molecule has 0 aromatic heterocycles. The van der Waals surface area contributed by atoms with Gasteiger partial charge in [-0.15, -0.1) is 0 Å². The minimum atomic E-state index is -4.25. The third-order valence-electron chi connectivity index (χ3n) is 1.97. The number of esters is 1. The van der Waals surface area contributed by atoms with E-state index in [0.717, 1.165) is 12.1 Å². The number of nitrogens with two attached hydrogens (primary N) is 1. The van der Waals surface area contributed by atoms with Crippen LogP contribution in [0.15, 0.2) is 18.2 Å². The van der Waals surface area contributed by atoms with Gasteiger partial charge in [0.1, 0.15) is 11.6 Å². The maximum Gasteiger partial charge on any atom is 0.502 e. The van der Waals surface area contributed by atoms with E-state index in [0.29, 0.717) is 6.07 Å². The average Bonchev–Trinajstić information content (AvgIpc) is 2.28. The first-order valence-corrected chi connectivity index (χ1v) is 5.11. The quantitative estimate of drug-likeness (QED) is 0.826. The van der Waals surface area contributed by atoms with Gasteiger partial charge in [0.2, 0.25) is 0 Å². The van der Waals surface area contributed by atoms with Gasteiger partial charge in [0.05, 0.1) is 12.2 Å². The molecule has 0 heterocycles. The van der Waals surface area contributed by atoms with E-state index in [9.17, 15) is 22.8 Å². The van der Waals surface area contributed by atoms with E-state index in [1.165, 1.54) is 6.92 Å². The van der Waals surface area contributed by atoms with Crippen LogP contribution < -0.4 is 10.5 Å². The predicted octanol–water partition coefficient (Wildman–Crippen LogP) is 1.46. The van der Waals surface area contributed by atoms with Gasteiger partial charge in [-0.25, -0.2) is 9.18 Å². The summed E-state index contributed by atoms with van der Waals surface area (Å²) in [6.07, 6.45) is -4.25. The van der Waals surface area contributed by atoms with E-state index < -0.39 is 35.1 Å². The van der Waals surface area contributed by atoms with Crippen LogP contribution in [0, 0.1) is 5.82 Å². The lowest BCUT2D eigenvalue weighted by Gasteiger charge is -2.16. The zero-order valence-corrected chi connectivity index (χ0v) is 9.78. The summed E-state index contributed by atoms with van der Waals surface area (Å²) in [6.45, 7) is 1.09. The average molecular weight is 277 g/mol. The standard InChI is InChI=1S/C11H10F3NO4/c1-2-18-10(17)11(13,14)19-6-3-4-7(9(15)16)8(12)5-6/h3-5H,2H2,1H3,(H2,15,16). The number of halogens is 3. The number of rotatable bonds is 5. The molecule has 5 nitrogen and oxygen atoms in total. The fourth-order valence-electron chi connectivity index (χ4n) is 1.16. The van der Waals surface area contributed by atoms with Crippen LogP contribution in [0.3, 0.4) is 0 Å². The zero-order valence-electron chi connectivity index (χ0n) is 9.78. The number of primary amides is 1. The van der Waals surface area contributed by atoms with E-state index in [1.54, 1.807) is 0 Å². The first-order chi connectivity index (χ1) is 8.77. The molecule has 1 rings (SSSR count). The highest BCUT2D eigenvalue weighted by Crippen LogP contribution is 2.24. The summed E-state index contributed by atoms with van der Waals surface area (Å²) in [6, 6.07) is 2.28. The maximum atomic E-state index is 13.3. The molecule has 2 N–H and O–H groups in total. The number of hydrogen-bond donors (Lipinski definition) is 1. The number of ether oxygens (including phenoxy) is 2. The largest absolute Gasteiger partial charge is 0.502 e. The van der Waals surface area contributed by atoms with Crippen LogP contribution in [-0.2, 0) is 9.53 Å². The molecule has 0 unspecified atom stereocenters. The van der Waals surface area contributed by atoms with E-state index in [1.807, 2.05) is 0 Å². The molecule has 19 heavy (non-hydrogen) atoms. The molecule has 0 aliphatic rings. The van der Waals surface area contributed by atoms with Gasteiger partial charge in [0, 0.05) is 6.07 Å². The van der Waals surface area contributed by atoms with Gasteiger partial charge >= 0.3 is 12.1 Å². The topological polar surface area (TPSA) is 78.6 Å². The Hall–Kier alpha value is -2.25. The van der Waals surface area contributed by atoms with Gasteiger partial charge in [-0.2, -0.15) is 8.78 Å². The fourth-order valence-corrected chi connectivity index (χ4v) is 1.16. The zero-order chi connectivity index (χ0) is 14.6. The van der Waals surface area contributed by atoms with E-state index >= 15 is 0 Å². The lowest BCUT2D eigenvalue weighted by molar-refractivity contribution is -0.216. The molecule has 1 aromatic carbocycles. The Balaban J connectivity index is 2.91. The van der Waals surface area contributed by atoms with Crippen LogP contribution >= 0.6 is 0 Å². The van der Waals surface area contributed by atoms with Gasteiger partial charge < -0.3 is 15.2 Å². The number of carbonyl (C=O) groups is 2. The highest BCUT2D eigenvalue weighted by Gasteiger charge is 2.44. The Morgan fingerprint density at radius 2 is 2.00 bits per heavy atom. The minimum Gasteiger partial charge on any atom is -0.459 e. The molecule has 0 atom stereocenters. The van der Waals surface area contributed by atoms with Crippen molar-refractivity contribution >= 4 is 11.9 Å². The van der Waals surface area contributed by atoms with E-state index in [4.69, 9.17) is 5.73 Å². The van der Waals surface area contributed by atoms with E-state index in [2.05, 4.69) is 9.47 Å². The van der Waals surface area contributed by atoms with Crippen LogP contribution in [-0.4, -0.2) is 24.6 Å². The van der Waals surface area contributed by atoms with Crippen molar-refractivity contribution in [3.8, 4) is 5.75 Å². The van der Waals surface area contributed by atoms with Gasteiger partial charge in [-0.1, -0.05) is 0 Å². The Morgan fingerprint density at radius 1 is 1.37 bits per heavy atom. The summed E-state index contributed by atoms with van der Waals surface area (Å²) in [7, 11) is 0. The minimum absolute atomic E-state index is 0.257. The molecular formula is C11H10F3NO4. The number of carbonyl (C=O) groups excluding carboxylic acids is 2. The molecule has 0 aliphatic heterocycles. The number of amides is 1. The Labute approximate surface area is 106 Å². The van der Waals surface area contributed by atoms with Crippen molar-refractivity contribution in [1.29, 1.82) is 0 Å². The predicted molar refractivity (Wildman–Crippen MR) is 57.1 cm³/mol. The highest BCUT2D eigenvalue weighted by atomic mass is 19.3. The SMILES string of the molecule is CCOC(=O)C(F)(F)Oc1ccc(C(N)=O)c(F)c1. The summed E-state index contributed by atoms with van der Waals surface area (Å²) < 4.78 is 47.7. The molecule has 8 heteroatoms. The second-order valence-corrected chi connectivity index (χ2v) is 3.35. The van der Waals surface area contributed by atoms with Crippen LogP contribution in [0.1, 0.15) is 17.3 Å². The summed E-state index contributed by atoms with van der Waals surface area (Å²) in [5.74, 6) is -4.72. The fraction of sp³-hybridized carbons (Fsp3) is 0.273. The molecule has 0 radical (unpaired) electrons. The molecule has 0 aliphatic carbocycles. The summed E-state index contributed by atoms with van der Waals surface area (Å²) in [5.41, 5.74) is 4.36. The second kappa shape index (κ2) is 5.59. The van der Waals surface area contributed by atoms with Gasteiger partial charge in [-0.3, -0.25) is 4.79 Å². The van der Waals surface area contributed by atoms with Crippen molar-refractivity contribution in [1.82, 2.24) is 0 Å². The number of hydrogen-bond acceptors (Lipinski definition) is 4. The Kier molecular flexibility index (Phi) is 4.36. The van der Waals surface area contributed by atoms with Gasteiger partial charge in [0.25, 0.3) is 5.91 Å². The van der Waals surface area contributed by atoms with Crippen molar-refractivity contribution < 1.29 is 32.2 Å². The molecule has 1 amide bonds. The maximum absolute atomic E-state index is 13.3. The van der Waals surface area contributed by atoms with Gasteiger partial charge in [0.15, 0.2) is 0 Å². The van der Waals surface area contributed by atoms with Crippen molar-refractivity contribution in [2.24, 2.45) is 5.73 Å². The van der Waals surface area contributed by atoms with Crippen molar-refractivity contribution in [2.75, 3.05) is 6.61 Å². The summed E-state index contributed by atoms with van der Waals surface area (Å²) in [4.78, 5) is 21.6. The molecule has 0 bridgehead atoms. The van der Waals surface area contributed by atoms with E-state index in [-0.39, 0.29) is 6.61 Å². The highest BCUT2D eigenvalue weighted by molar-refractivity contribution is 5.93. The molecular weight excluding hydrogens is 267 g/mol. The van der Waals surface area contributed by atoms with Crippen molar-refractivity contribution in [3.05, 3.63) is 29.6 Å². The Bertz CT molecular complexity index is 505. The molecule has 0 spiro atoms. The van der Waals surface area contributed by atoms with Crippen LogP contribution in [0.2, 0.25) is 0 Å². The van der Waals surface area contributed by atoms with Crippen molar-refractivity contribution in [2.45, 2.75) is 13.0 Å². The lowest BCUT2D eigenvalue weighted by Crippen LogP contribution is -2.36. The van der Waals surface area contributed by atoms with Crippen LogP contribution in [0.4, 0.5) is 13.2 Å². The molecule has 1 aromatic rings. The van der Waals surface area contributed by atoms with Crippen LogP contribution in [0.25, 0.3) is 0 Å². The van der Waals surface area contributed by atoms with Crippen LogP contribution in [0.5, 0.6) is 5.75 Å².